The lowest BCUT2D eigenvalue weighted by molar-refractivity contribution is -0.122. The monoisotopic (exact) mass is 289 g/mol. The molecule has 0 spiro atoms. The molecule has 0 aromatic heterocycles. The highest BCUT2D eigenvalue weighted by Gasteiger charge is 2.36. The van der Waals surface area contributed by atoms with Crippen molar-refractivity contribution < 1.29 is 13.2 Å². The molecule has 2 aliphatic heterocycles. The summed E-state index contributed by atoms with van der Waals surface area (Å²) in [6.07, 6.45) is 3.39. The van der Waals surface area contributed by atoms with E-state index in [9.17, 15) is 13.2 Å². The van der Waals surface area contributed by atoms with Crippen molar-refractivity contribution in [2.24, 2.45) is 17.6 Å². The second-order valence-corrected chi connectivity index (χ2v) is 7.64. The largest absolute Gasteiger partial charge is 0.369 e. The molecule has 6 nitrogen and oxygen atoms in total. The van der Waals surface area contributed by atoms with E-state index in [2.05, 4.69) is 6.92 Å². The molecule has 7 heteroatoms. The second-order valence-electron chi connectivity index (χ2n) is 5.71. The van der Waals surface area contributed by atoms with Crippen LogP contribution in [0.4, 0.5) is 0 Å². The highest BCUT2D eigenvalue weighted by atomic mass is 32.2. The minimum atomic E-state index is -3.43. The zero-order chi connectivity index (χ0) is 14.0. The fourth-order valence-electron chi connectivity index (χ4n) is 2.90. The van der Waals surface area contributed by atoms with E-state index >= 15 is 0 Å². The van der Waals surface area contributed by atoms with E-state index in [4.69, 9.17) is 5.73 Å². The number of nitrogens with zero attached hydrogens (tertiary/aromatic N) is 2. The number of amides is 1. The maximum atomic E-state index is 12.6. The van der Waals surface area contributed by atoms with Crippen LogP contribution >= 0.6 is 0 Å². The maximum Gasteiger partial charge on any atom is 0.282 e. The van der Waals surface area contributed by atoms with Crippen molar-refractivity contribution in [2.75, 3.05) is 26.2 Å². The number of rotatable bonds is 3. The Morgan fingerprint density at radius 2 is 1.68 bits per heavy atom. The summed E-state index contributed by atoms with van der Waals surface area (Å²) in [5.41, 5.74) is 5.30. The fourth-order valence-corrected chi connectivity index (χ4v) is 4.76. The molecule has 19 heavy (non-hydrogen) atoms. The Morgan fingerprint density at radius 1 is 1.11 bits per heavy atom. The maximum absolute atomic E-state index is 12.6. The van der Waals surface area contributed by atoms with Crippen molar-refractivity contribution in [1.82, 2.24) is 8.61 Å². The van der Waals surface area contributed by atoms with Gasteiger partial charge in [-0.05, 0) is 31.6 Å². The average molecular weight is 289 g/mol. The normalized spacial score (nSPS) is 31.2. The van der Waals surface area contributed by atoms with E-state index in [1.54, 1.807) is 4.31 Å². The van der Waals surface area contributed by atoms with Crippen LogP contribution in [0.15, 0.2) is 0 Å². The molecule has 2 fully saturated rings. The van der Waals surface area contributed by atoms with E-state index < -0.39 is 16.1 Å². The van der Waals surface area contributed by atoms with Gasteiger partial charge >= 0.3 is 0 Å². The molecule has 2 aliphatic rings. The van der Waals surface area contributed by atoms with Crippen LogP contribution in [-0.4, -0.2) is 49.1 Å². The van der Waals surface area contributed by atoms with Crippen LogP contribution in [0, 0.1) is 11.8 Å². The van der Waals surface area contributed by atoms with Gasteiger partial charge in [0.1, 0.15) is 0 Å². The van der Waals surface area contributed by atoms with Crippen LogP contribution in [0.3, 0.4) is 0 Å². The molecule has 0 saturated carbocycles. The Bertz CT molecular complexity index is 438. The van der Waals surface area contributed by atoms with Crippen LogP contribution in [0.2, 0.25) is 0 Å². The van der Waals surface area contributed by atoms with Gasteiger partial charge in [0.2, 0.25) is 5.91 Å². The zero-order valence-corrected chi connectivity index (χ0v) is 12.2. The standard InChI is InChI=1S/C12H23N3O3S/c1-10-4-2-6-14(8-10)19(17,18)15-7-3-5-11(9-15)12(13)16/h10-11H,2-9H2,1H3,(H2,13,16). The van der Waals surface area contributed by atoms with Crippen molar-refractivity contribution in [1.29, 1.82) is 0 Å². The Balaban J connectivity index is 2.08. The van der Waals surface area contributed by atoms with Gasteiger partial charge in [-0.15, -0.1) is 0 Å². The minimum Gasteiger partial charge on any atom is -0.369 e. The summed E-state index contributed by atoms with van der Waals surface area (Å²) in [6, 6.07) is 0. The van der Waals surface area contributed by atoms with E-state index in [1.165, 1.54) is 4.31 Å². The predicted octanol–water partition coefficient (Wildman–Crippen LogP) is 0.160. The van der Waals surface area contributed by atoms with Gasteiger partial charge in [-0.25, -0.2) is 0 Å². The summed E-state index contributed by atoms with van der Waals surface area (Å²) in [5, 5.41) is 0. The lowest BCUT2D eigenvalue weighted by Gasteiger charge is -2.37. The summed E-state index contributed by atoms with van der Waals surface area (Å²) >= 11 is 0. The van der Waals surface area contributed by atoms with Crippen molar-refractivity contribution in [2.45, 2.75) is 32.6 Å². The number of primary amides is 1. The van der Waals surface area contributed by atoms with Crippen LogP contribution in [0.5, 0.6) is 0 Å². The highest BCUT2D eigenvalue weighted by molar-refractivity contribution is 7.86. The first-order valence-corrected chi connectivity index (χ1v) is 8.35. The van der Waals surface area contributed by atoms with Gasteiger partial charge in [0, 0.05) is 26.2 Å². The average Bonchev–Trinajstić information content (AvgIpc) is 2.39. The molecule has 1 amide bonds. The van der Waals surface area contributed by atoms with Crippen LogP contribution in [0.1, 0.15) is 32.6 Å². The van der Waals surface area contributed by atoms with Crippen molar-refractivity contribution >= 4 is 16.1 Å². The van der Waals surface area contributed by atoms with Crippen molar-refractivity contribution in [3.63, 3.8) is 0 Å². The molecule has 0 bridgehead atoms. The Hall–Kier alpha value is -0.660. The molecule has 2 saturated heterocycles. The summed E-state index contributed by atoms with van der Waals surface area (Å²) in [6.45, 7) is 3.98. The molecule has 110 valence electrons. The van der Waals surface area contributed by atoms with E-state index in [0.29, 0.717) is 38.4 Å². The number of piperidine rings is 2. The van der Waals surface area contributed by atoms with Crippen LogP contribution < -0.4 is 5.73 Å². The molecule has 0 aromatic carbocycles. The lowest BCUT2D eigenvalue weighted by atomic mass is 9.99. The number of hydrogen-bond acceptors (Lipinski definition) is 3. The number of carbonyl (C=O) groups is 1. The molecule has 2 unspecified atom stereocenters. The molecule has 0 aromatic rings. The smallest absolute Gasteiger partial charge is 0.282 e. The van der Waals surface area contributed by atoms with Crippen LogP contribution in [0.25, 0.3) is 0 Å². The minimum absolute atomic E-state index is 0.239. The van der Waals surface area contributed by atoms with Gasteiger partial charge in [-0.1, -0.05) is 6.92 Å². The van der Waals surface area contributed by atoms with Crippen molar-refractivity contribution in [3.8, 4) is 0 Å². The van der Waals surface area contributed by atoms with E-state index in [1.807, 2.05) is 0 Å². The van der Waals surface area contributed by atoms with E-state index in [-0.39, 0.29) is 12.5 Å². The molecule has 2 rings (SSSR count). The Kier molecular flexibility index (Phi) is 4.47. The third kappa shape index (κ3) is 3.27. The van der Waals surface area contributed by atoms with Gasteiger partial charge in [0.25, 0.3) is 10.2 Å². The first-order valence-electron chi connectivity index (χ1n) is 6.96. The predicted molar refractivity (Wildman–Crippen MR) is 72.4 cm³/mol. The SMILES string of the molecule is CC1CCCN(S(=O)(=O)N2CCCC(C(N)=O)C2)C1. The third-order valence-electron chi connectivity index (χ3n) is 4.06. The van der Waals surface area contributed by atoms with Gasteiger partial charge in [-0.3, -0.25) is 4.79 Å². The topological polar surface area (TPSA) is 83.7 Å². The Morgan fingerprint density at radius 3 is 2.26 bits per heavy atom. The Labute approximate surface area is 115 Å². The summed E-state index contributed by atoms with van der Waals surface area (Å²) in [5.74, 6) is -0.335. The van der Waals surface area contributed by atoms with Crippen molar-refractivity contribution in [3.05, 3.63) is 0 Å². The zero-order valence-electron chi connectivity index (χ0n) is 11.4. The first-order chi connectivity index (χ1) is 8.91. The molecule has 2 atom stereocenters. The van der Waals surface area contributed by atoms with Gasteiger partial charge < -0.3 is 5.73 Å². The lowest BCUT2D eigenvalue weighted by Crippen LogP contribution is -2.52. The second kappa shape index (κ2) is 5.76. The van der Waals surface area contributed by atoms with Crippen LogP contribution in [-0.2, 0) is 15.0 Å². The highest BCUT2D eigenvalue weighted by Crippen LogP contribution is 2.24. The number of hydrogen-bond donors (Lipinski definition) is 1. The fraction of sp³-hybridized carbons (Fsp3) is 0.917. The first kappa shape index (κ1) is 14.7. The van der Waals surface area contributed by atoms with Gasteiger partial charge in [-0.2, -0.15) is 17.0 Å². The molecule has 2 heterocycles. The summed E-state index contributed by atoms with van der Waals surface area (Å²) < 4.78 is 28.1. The molecular formula is C12H23N3O3S. The summed E-state index contributed by atoms with van der Waals surface area (Å²) in [4.78, 5) is 11.2. The van der Waals surface area contributed by atoms with E-state index in [0.717, 1.165) is 12.8 Å². The molecular weight excluding hydrogens is 266 g/mol. The number of carbonyl (C=O) groups excluding carboxylic acids is 1. The molecule has 0 aliphatic carbocycles. The van der Waals surface area contributed by atoms with Gasteiger partial charge in [0.05, 0.1) is 5.92 Å². The third-order valence-corrected chi connectivity index (χ3v) is 6.03. The quantitative estimate of drug-likeness (QED) is 0.803. The molecule has 2 N–H and O–H groups in total. The summed E-state index contributed by atoms with van der Waals surface area (Å²) in [7, 11) is -3.43. The number of nitrogens with two attached hydrogens (primary N) is 1. The molecule has 0 radical (unpaired) electrons. The van der Waals surface area contributed by atoms with Gasteiger partial charge in [0.15, 0.2) is 0 Å².